The van der Waals surface area contributed by atoms with Gasteiger partial charge in [0.1, 0.15) is 5.82 Å². The average Bonchev–Trinajstić information content (AvgIpc) is 2.12. The lowest BCUT2D eigenvalue weighted by molar-refractivity contribution is 0.0968. The van der Waals surface area contributed by atoms with Crippen LogP contribution in [0.15, 0.2) is 12.1 Å². The van der Waals surface area contributed by atoms with E-state index in [-0.39, 0.29) is 11.6 Å². The second-order valence-corrected chi connectivity index (χ2v) is 4.32. The van der Waals surface area contributed by atoms with Crippen molar-refractivity contribution in [1.82, 2.24) is 0 Å². The Morgan fingerprint density at radius 2 is 2.08 bits per heavy atom. The summed E-state index contributed by atoms with van der Waals surface area (Å²) in [4.78, 5) is 11.4. The van der Waals surface area contributed by atoms with Gasteiger partial charge >= 0.3 is 0 Å². The predicted molar refractivity (Wildman–Crippen MR) is 56.4 cm³/mol. The van der Waals surface area contributed by atoms with Gasteiger partial charge in [-0.25, -0.2) is 4.39 Å². The Bertz CT molecular complexity index is 373. The first-order chi connectivity index (χ1) is 6.20. The molecule has 0 heterocycles. The van der Waals surface area contributed by atoms with Gasteiger partial charge in [-0.3, -0.25) is 4.79 Å². The fourth-order valence-electron chi connectivity index (χ4n) is 1.69. The lowest BCUT2D eigenvalue weighted by Crippen LogP contribution is -2.14. The minimum Gasteiger partial charge on any atom is -0.294 e. The summed E-state index contributed by atoms with van der Waals surface area (Å²) in [5.74, 6) is -0.405. The van der Waals surface area contributed by atoms with Crippen molar-refractivity contribution >= 4 is 28.4 Å². The van der Waals surface area contributed by atoms with Gasteiger partial charge < -0.3 is 0 Å². The van der Waals surface area contributed by atoms with Crippen LogP contribution in [0.2, 0.25) is 0 Å². The molecule has 13 heavy (non-hydrogen) atoms. The lowest BCUT2D eigenvalue weighted by Gasteiger charge is -2.16. The highest BCUT2D eigenvalue weighted by Gasteiger charge is 2.22. The van der Waals surface area contributed by atoms with Crippen LogP contribution in [-0.4, -0.2) is 5.78 Å². The van der Waals surface area contributed by atoms with E-state index in [2.05, 4.69) is 22.6 Å². The van der Waals surface area contributed by atoms with Gasteiger partial charge in [0.15, 0.2) is 5.78 Å². The van der Waals surface area contributed by atoms with Crippen LogP contribution >= 0.6 is 22.6 Å². The number of carbonyl (C=O) groups is 1. The molecule has 1 aliphatic carbocycles. The zero-order valence-corrected chi connectivity index (χ0v) is 9.10. The summed E-state index contributed by atoms with van der Waals surface area (Å²) in [6.45, 7) is 0. The molecule has 0 atom stereocenters. The Labute approximate surface area is 89.5 Å². The summed E-state index contributed by atoms with van der Waals surface area (Å²) in [5.41, 5.74) is 1.23. The first kappa shape index (κ1) is 9.12. The number of ketones is 1. The summed E-state index contributed by atoms with van der Waals surface area (Å²) < 4.78 is 14.3. The molecule has 0 amide bonds. The third-order valence-electron chi connectivity index (χ3n) is 2.31. The van der Waals surface area contributed by atoms with Crippen LogP contribution in [0.3, 0.4) is 0 Å². The number of Topliss-reactive ketones (excluding diaryl/α,β-unsaturated/α-hetero) is 1. The van der Waals surface area contributed by atoms with Crippen LogP contribution in [0, 0.1) is 9.39 Å². The number of benzene rings is 1. The van der Waals surface area contributed by atoms with Gasteiger partial charge in [0.2, 0.25) is 0 Å². The van der Waals surface area contributed by atoms with E-state index in [4.69, 9.17) is 0 Å². The van der Waals surface area contributed by atoms with Gasteiger partial charge in [-0.05, 0) is 53.1 Å². The molecule has 2 rings (SSSR count). The standard InChI is InChI=1S/C10H8FIO/c11-7-4-5-8(12)6-2-1-3-9(13)10(6)7/h4-5H,1-3H2. The molecule has 0 N–H and O–H groups in total. The molecule has 1 aromatic rings. The summed E-state index contributed by atoms with van der Waals surface area (Å²) >= 11 is 2.15. The van der Waals surface area contributed by atoms with Crippen LogP contribution in [0.25, 0.3) is 0 Å². The molecule has 1 nitrogen and oxygen atoms in total. The fourth-order valence-corrected chi connectivity index (χ4v) is 2.41. The Kier molecular flexibility index (Phi) is 2.36. The van der Waals surface area contributed by atoms with E-state index in [1.54, 1.807) is 6.07 Å². The van der Waals surface area contributed by atoms with Gasteiger partial charge in [0.25, 0.3) is 0 Å². The molecular formula is C10H8FIO. The minimum atomic E-state index is -0.361. The highest BCUT2D eigenvalue weighted by atomic mass is 127. The molecule has 0 aliphatic heterocycles. The van der Waals surface area contributed by atoms with Crippen molar-refractivity contribution < 1.29 is 9.18 Å². The molecule has 0 unspecified atom stereocenters. The van der Waals surface area contributed by atoms with Gasteiger partial charge in [0, 0.05) is 9.99 Å². The predicted octanol–water partition coefficient (Wildman–Crippen LogP) is 2.95. The van der Waals surface area contributed by atoms with E-state index in [1.807, 2.05) is 0 Å². The molecule has 0 radical (unpaired) electrons. The van der Waals surface area contributed by atoms with E-state index in [9.17, 15) is 9.18 Å². The fraction of sp³-hybridized carbons (Fsp3) is 0.300. The second-order valence-electron chi connectivity index (χ2n) is 3.16. The van der Waals surface area contributed by atoms with Crippen LogP contribution in [0.5, 0.6) is 0 Å². The number of hydrogen-bond donors (Lipinski definition) is 0. The highest BCUT2D eigenvalue weighted by Crippen LogP contribution is 2.27. The smallest absolute Gasteiger partial charge is 0.166 e. The van der Waals surface area contributed by atoms with Crippen molar-refractivity contribution in [2.24, 2.45) is 0 Å². The van der Waals surface area contributed by atoms with Crippen LogP contribution in [-0.2, 0) is 6.42 Å². The van der Waals surface area contributed by atoms with E-state index in [0.29, 0.717) is 12.0 Å². The zero-order chi connectivity index (χ0) is 9.42. The first-order valence-corrected chi connectivity index (χ1v) is 5.28. The molecule has 1 aliphatic rings. The highest BCUT2D eigenvalue weighted by molar-refractivity contribution is 14.1. The zero-order valence-electron chi connectivity index (χ0n) is 6.94. The third kappa shape index (κ3) is 1.49. The molecule has 0 saturated carbocycles. The molecule has 0 saturated heterocycles. The SMILES string of the molecule is O=C1CCCc2c(I)ccc(F)c21. The molecular weight excluding hydrogens is 282 g/mol. The molecule has 0 aromatic heterocycles. The maximum Gasteiger partial charge on any atom is 0.166 e. The molecule has 3 heteroatoms. The van der Waals surface area contributed by atoms with E-state index >= 15 is 0 Å². The summed E-state index contributed by atoms with van der Waals surface area (Å²) in [7, 11) is 0. The molecule has 68 valence electrons. The van der Waals surface area contributed by atoms with Crippen molar-refractivity contribution in [1.29, 1.82) is 0 Å². The monoisotopic (exact) mass is 290 g/mol. The maximum absolute atomic E-state index is 13.3. The molecule has 0 bridgehead atoms. The van der Waals surface area contributed by atoms with Crippen molar-refractivity contribution in [3.05, 3.63) is 32.6 Å². The molecule has 1 aromatic carbocycles. The minimum absolute atomic E-state index is 0.0442. The maximum atomic E-state index is 13.3. The van der Waals surface area contributed by atoms with E-state index in [0.717, 1.165) is 22.0 Å². The Morgan fingerprint density at radius 1 is 1.31 bits per heavy atom. The summed E-state index contributed by atoms with van der Waals surface area (Å²) in [6.07, 6.45) is 2.17. The van der Waals surface area contributed by atoms with Crippen molar-refractivity contribution in [2.45, 2.75) is 19.3 Å². The van der Waals surface area contributed by atoms with Gasteiger partial charge in [-0.1, -0.05) is 0 Å². The lowest BCUT2D eigenvalue weighted by atomic mass is 9.90. The number of halogens is 2. The quantitative estimate of drug-likeness (QED) is 0.671. The van der Waals surface area contributed by atoms with E-state index < -0.39 is 0 Å². The van der Waals surface area contributed by atoms with E-state index in [1.165, 1.54) is 6.07 Å². The Hall–Kier alpha value is -0.450. The number of hydrogen-bond acceptors (Lipinski definition) is 1. The molecule has 0 fully saturated rings. The van der Waals surface area contributed by atoms with Crippen LogP contribution in [0.4, 0.5) is 4.39 Å². The number of rotatable bonds is 0. The third-order valence-corrected chi connectivity index (χ3v) is 3.33. The number of carbonyl (C=O) groups excluding carboxylic acids is 1. The normalized spacial score (nSPS) is 15.7. The molecule has 0 spiro atoms. The Balaban J connectivity index is 2.67. The average molecular weight is 290 g/mol. The Morgan fingerprint density at radius 3 is 2.77 bits per heavy atom. The first-order valence-electron chi connectivity index (χ1n) is 4.20. The van der Waals surface area contributed by atoms with Crippen molar-refractivity contribution in [2.75, 3.05) is 0 Å². The summed E-state index contributed by atoms with van der Waals surface area (Å²) in [5, 5.41) is 0. The van der Waals surface area contributed by atoms with Crippen molar-refractivity contribution in [3.63, 3.8) is 0 Å². The van der Waals surface area contributed by atoms with Crippen molar-refractivity contribution in [3.8, 4) is 0 Å². The van der Waals surface area contributed by atoms with Gasteiger partial charge in [-0.15, -0.1) is 0 Å². The van der Waals surface area contributed by atoms with Crippen LogP contribution < -0.4 is 0 Å². The second kappa shape index (κ2) is 3.36. The van der Waals surface area contributed by atoms with Gasteiger partial charge in [-0.2, -0.15) is 0 Å². The van der Waals surface area contributed by atoms with Crippen LogP contribution in [0.1, 0.15) is 28.8 Å². The largest absolute Gasteiger partial charge is 0.294 e. The number of fused-ring (bicyclic) bond motifs is 1. The van der Waals surface area contributed by atoms with Gasteiger partial charge in [0.05, 0.1) is 5.56 Å². The topological polar surface area (TPSA) is 17.1 Å². The summed E-state index contributed by atoms with van der Waals surface area (Å²) in [6, 6.07) is 3.11.